The summed E-state index contributed by atoms with van der Waals surface area (Å²) in [5.74, 6) is -3.82. The van der Waals surface area contributed by atoms with Crippen molar-refractivity contribution >= 4 is 23.1 Å². The minimum absolute atomic E-state index is 0.121. The summed E-state index contributed by atoms with van der Waals surface area (Å²) >= 11 is 0. The highest BCUT2D eigenvalue weighted by Gasteiger charge is 2.48. The van der Waals surface area contributed by atoms with Gasteiger partial charge in [0, 0.05) is 6.07 Å². The van der Waals surface area contributed by atoms with Gasteiger partial charge < -0.3 is 14.6 Å². The lowest BCUT2D eigenvalue weighted by Gasteiger charge is -2.26. The molecule has 3 aromatic rings. The highest BCUT2D eigenvalue weighted by molar-refractivity contribution is 6.51. The first-order chi connectivity index (χ1) is 15.9. The number of hydrogen-bond acceptors (Lipinski definition) is 5. The fourth-order valence-electron chi connectivity index (χ4n) is 3.85. The summed E-state index contributed by atoms with van der Waals surface area (Å²) in [6.45, 7) is 0. The molecule has 0 radical (unpaired) electrons. The van der Waals surface area contributed by atoms with Crippen LogP contribution < -0.4 is 14.4 Å². The zero-order valence-corrected chi connectivity index (χ0v) is 17.7. The molecular weight excluding hydrogens is 432 g/mol. The Hall–Kier alpha value is -4.20. The monoisotopic (exact) mass is 451 g/mol. The second kappa shape index (κ2) is 8.74. The van der Waals surface area contributed by atoms with Gasteiger partial charge in [0.15, 0.2) is 0 Å². The Kier molecular flexibility index (Phi) is 5.83. The summed E-state index contributed by atoms with van der Waals surface area (Å²) in [7, 11) is 2.82. The largest absolute Gasteiger partial charge is 0.507 e. The number of aliphatic hydroxyl groups excluding tert-OH is 1. The van der Waals surface area contributed by atoms with Crippen LogP contribution in [0, 0.1) is 11.6 Å². The Morgan fingerprint density at radius 2 is 1.67 bits per heavy atom. The van der Waals surface area contributed by atoms with Gasteiger partial charge in [-0.3, -0.25) is 14.5 Å². The molecule has 8 heteroatoms. The first-order valence-electron chi connectivity index (χ1n) is 9.90. The zero-order valence-electron chi connectivity index (χ0n) is 17.7. The predicted octanol–water partition coefficient (Wildman–Crippen LogP) is 4.61. The number of amides is 1. The third kappa shape index (κ3) is 3.80. The smallest absolute Gasteiger partial charge is 0.300 e. The molecule has 0 bridgehead atoms. The first kappa shape index (κ1) is 22.0. The molecule has 1 heterocycles. The average Bonchev–Trinajstić information content (AvgIpc) is 3.09. The Labute approximate surface area is 188 Å². The van der Waals surface area contributed by atoms with Gasteiger partial charge in [-0.15, -0.1) is 0 Å². The molecule has 1 saturated heterocycles. The number of methoxy groups -OCH3 is 2. The van der Waals surface area contributed by atoms with Crippen LogP contribution in [0.2, 0.25) is 0 Å². The summed E-state index contributed by atoms with van der Waals surface area (Å²) in [5.41, 5.74) is 0.0182. The molecule has 4 rings (SSSR count). The lowest BCUT2D eigenvalue weighted by Crippen LogP contribution is -2.30. The van der Waals surface area contributed by atoms with Crippen molar-refractivity contribution in [3.63, 3.8) is 0 Å². The number of carbonyl (C=O) groups excluding carboxylic acids is 2. The van der Waals surface area contributed by atoms with E-state index in [1.807, 2.05) is 0 Å². The standard InChI is InChI=1S/C25H19F2NO5/c1-32-16-9-11-20(33-2)17(13-16)23(29)21-22(14-6-4-3-5-7-14)28(25(31)24(21)30)19-10-8-15(26)12-18(19)27/h3-13,22,29H,1-2H3/b23-21+. The van der Waals surface area contributed by atoms with Crippen molar-refractivity contribution in [1.29, 1.82) is 0 Å². The van der Waals surface area contributed by atoms with Crippen LogP contribution in [-0.2, 0) is 9.59 Å². The number of ketones is 1. The Bertz CT molecular complexity index is 1270. The van der Waals surface area contributed by atoms with Crippen LogP contribution in [0.4, 0.5) is 14.5 Å². The fourth-order valence-corrected chi connectivity index (χ4v) is 3.85. The molecule has 6 nitrogen and oxygen atoms in total. The molecule has 1 amide bonds. The summed E-state index contributed by atoms with van der Waals surface area (Å²) in [6, 6.07) is 14.5. The van der Waals surface area contributed by atoms with Gasteiger partial charge in [-0.2, -0.15) is 0 Å². The van der Waals surface area contributed by atoms with E-state index in [1.54, 1.807) is 42.5 Å². The van der Waals surface area contributed by atoms with Crippen molar-refractivity contribution in [2.75, 3.05) is 19.1 Å². The molecule has 33 heavy (non-hydrogen) atoms. The molecule has 1 unspecified atom stereocenters. The van der Waals surface area contributed by atoms with E-state index in [-0.39, 0.29) is 22.6 Å². The highest BCUT2D eigenvalue weighted by atomic mass is 19.1. The SMILES string of the molecule is COc1ccc(OC)c(/C(O)=C2\C(=O)C(=O)N(c3ccc(F)cc3F)C2c2ccccc2)c1. The van der Waals surface area contributed by atoms with Gasteiger partial charge in [0.05, 0.1) is 37.1 Å². The second-order valence-electron chi connectivity index (χ2n) is 7.24. The average molecular weight is 451 g/mol. The van der Waals surface area contributed by atoms with E-state index in [1.165, 1.54) is 20.3 Å². The van der Waals surface area contributed by atoms with Gasteiger partial charge in [0.1, 0.15) is 28.9 Å². The molecule has 1 fully saturated rings. The van der Waals surface area contributed by atoms with Crippen LogP contribution in [0.5, 0.6) is 11.5 Å². The molecule has 0 aliphatic carbocycles. The Morgan fingerprint density at radius 1 is 0.939 bits per heavy atom. The number of Topliss-reactive ketones (excluding diaryl/α,β-unsaturated/α-hetero) is 1. The lowest BCUT2D eigenvalue weighted by molar-refractivity contribution is -0.132. The van der Waals surface area contributed by atoms with Crippen LogP contribution in [-0.4, -0.2) is 31.0 Å². The minimum Gasteiger partial charge on any atom is -0.507 e. The van der Waals surface area contributed by atoms with Crippen molar-refractivity contribution in [3.05, 3.63) is 95.1 Å². The maximum Gasteiger partial charge on any atom is 0.300 e. The van der Waals surface area contributed by atoms with Crippen molar-refractivity contribution < 1.29 is 33.0 Å². The number of rotatable bonds is 5. The molecule has 0 spiro atoms. The predicted molar refractivity (Wildman–Crippen MR) is 117 cm³/mol. The van der Waals surface area contributed by atoms with Gasteiger partial charge in [0.2, 0.25) is 0 Å². The number of nitrogens with zero attached hydrogens (tertiary/aromatic N) is 1. The molecule has 1 atom stereocenters. The molecule has 1 N–H and O–H groups in total. The summed E-state index contributed by atoms with van der Waals surface area (Å²) < 4.78 is 38.7. The van der Waals surface area contributed by atoms with Crippen LogP contribution in [0.1, 0.15) is 17.2 Å². The maximum atomic E-state index is 14.7. The second-order valence-corrected chi connectivity index (χ2v) is 7.24. The van der Waals surface area contributed by atoms with Crippen molar-refractivity contribution in [1.82, 2.24) is 0 Å². The topological polar surface area (TPSA) is 76.1 Å². The van der Waals surface area contributed by atoms with Crippen molar-refractivity contribution in [2.24, 2.45) is 0 Å². The highest BCUT2D eigenvalue weighted by Crippen LogP contribution is 2.44. The van der Waals surface area contributed by atoms with Gasteiger partial charge in [-0.05, 0) is 35.9 Å². The summed E-state index contributed by atoms with van der Waals surface area (Å²) in [4.78, 5) is 27.1. The number of anilines is 1. The summed E-state index contributed by atoms with van der Waals surface area (Å²) in [6.07, 6.45) is 0. The minimum atomic E-state index is -1.16. The van der Waals surface area contributed by atoms with Crippen LogP contribution in [0.25, 0.3) is 5.76 Å². The van der Waals surface area contributed by atoms with E-state index in [0.29, 0.717) is 17.4 Å². The van der Waals surface area contributed by atoms with E-state index < -0.39 is 35.1 Å². The number of halogens is 2. The van der Waals surface area contributed by atoms with E-state index in [2.05, 4.69) is 0 Å². The van der Waals surface area contributed by atoms with Crippen LogP contribution in [0.15, 0.2) is 72.3 Å². The van der Waals surface area contributed by atoms with Crippen molar-refractivity contribution in [3.8, 4) is 11.5 Å². The first-order valence-corrected chi connectivity index (χ1v) is 9.90. The molecular formula is C25H19F2NO5. The van der Waals surface area contributed by atoms with Crippen molar-refractivity contribution in [2.45, 2.75) is 6.04 Å². The zero-order chi connectivity index (χ0) is 23.7. The van der Waals surface area contributed by atoms with E-state index in [0.717, 1.165) is 17.0 Å². The van der Waals surface area contributed by atoms with Gasteiger partial charge in [0.25, 0.3) is 11.7 Å². The quantitative estimate of drug-likeness (QED) is 0.348. The van der Waals surface area contributed by atoms with Gasteiger partial charge in [-0.25, -0.2) is 8.78 Å². The molecule has 1 aliphatic rings. The third-order valence-corrected chi connectivity index (χ3v) is 5.39. The van der Waals surface area contributed by atoms with Crippen LogP contribution >= 0.6 is 0 Å². The Balaban J connectivity index is 1.99. The summed E-state index contributed by atoms with van der Waals surface area (Å²) in [5, 5.41) is 11.2. The molecule has 168 valence electrons. The van der Waals surface area contributed by atoms with Gasteiger partial charge in [-0.1, -0.05) is 30.3 Å². The lowest BCUT2D eigenvalue weighted by atomic mass is 9.94. The normalized spacial score (nSPS) is 17.3. The van der Waals surface area contributed by atoms with Crippen LogP contribution in [0.3, 0.4) is 0 Å². The van der Waals surface area contributed by atoms with E-state index in [9.17, 15) is 23.5 Å². The fraction of sp³-hybridized carbons (Fsp3) is 0.120. The molecule has 1 aliphatic heterocycles. The number of ether oxygens (including phenoxy) is 2. The van der Waals surface area contributed by atoms with E-state index >= 15 is 0 Å². The number of hydrogen-bond donors (Lipinski definition) is 1. The number of carbonyl (C=O) groups is 2. The molecule has 3 aromatic carbocycles. The molecule has 0 saturated carbocycles. The Morgan fingerprint density at radius 3 is 2.30 bits per heavy atom. The van der Waals surface area contributed by atoms with E-state index in [4.69, 9.17) is 9.47 Å². The number of benzene rings is 3. The number of aliphatic hydroxyl groups is 1. The van der Waals surface area contributed by atoms with Gasteiger partial charge >= 0.3 is 0 Å². The third-order valence-electron chi connectivity index (χ3n) is 5.39. The molecule has 0 aromatic heterocycles. The maximum absolute atomic E-state index is 14.7.